The molecule has 0 unspecified atom stereocenters. The van der Waals surface area contributed by atoms with Gasteiger partial charge in [0.25, 0.3) is 5.91 Å². The molecule has 3 rings (SSSR count). The zero-order chi connectivity index (χ0) is 18.9. The molecule has 0 saturated carbocycles. The number of hydrogen-bond donors (Lipinski definition) is 1. The molecular weight excluding hydrogens is 342 g/mol. The lowest BCUT2D eigenvalue weighted by Gasteiger charge is -2.12. The van der Waals surface area contributed by atoms with Gasteiger partial charge in [-0.2, -0.15) is 0 Å². The number of carbonyl (C=O) groups is 1. The van der Waals surface area contributed by atoms with Gasteiger partial charge in [-0.05, 0) is 30.5 Å². The fourth-order valence-electron chi connectivity index (χ4n) is 2.71. The Labute approximate surface area is 158 Å². The van der Waals surface area contributed by atoms with Gasteiger partial charge in [-0.3, -0.25) is 4.79 Å². The topological polar surface area (TPSA) is 56.8 Å². The van der Waals surface area contributed by atoms with E-state index in [-0.39, 0.29) is 12.5 Å². The maximum Gasteiger partial charge on any atom is 0.258 e. The Morgan fingerprint density at radius 1 is 0.815 bits per heavy atom. The summed E-state index contributed by atoms with van der Waals surface area (Å²) in [7, 11) is 0. The van der Waals surface area contributed by atoms with Crippen LogP contribution in [0.15, 0.2) is 66.7 Å². The van der Waals surface area contributed by atoms with Crippen molar-refractivity contribution < 1.29 is 19.0 Å². The van der Waals surface area contributed by atoms with Gasteiger partial charge in [0, 0.05) is 5.39 Å². The van der Waals surface area contributed by atoms with Crippen molar-refractivity contribution in [2.75, 3.05) is 26.4 Å². The second-order valence-corrected chi connectivity index (χ2v) is 5.84. The summed E-state index contributed by atoms with van der Waals surface area (Å²) in [6.07, 6.45) is 0. The summed E-state index contributed by atoms with van der Waals surface area (Å²) in [5.74, 6) is 1.79. The van der Waals surface area contributed by atoms with Crippen LogP contribution in [-0.2, 0) is 4.79 Å². The van der Waals surface area contributed by atoms with Gasteiger partial charge < -0.3 is 19.5 Å². The summed E-state index contributed by atoms with van der Waals surface area (Å²) in [4.78, 5) is 12.0. The summed E-state index contributed by atoms with van der Waals surface area (Å²) < 4.78 is 16.8. The summed E-state index contributed by atoms with van der Waals surface area (Å²) in [6.45, 7) is 3.16. The quantitative estimate of drug-likeness (QED) is 0.586. The number of amides is 1. The van der Waals surface area contributed by atoms with Crippen LogP contribution in [0.25, 0.3) is 10.8 Å². The largest absolute Gasteiger partial charge is 0.491 e. The van der Waals surface area contributed by atoms with Crippen molar-refractivity contribution in [3.63, 3.8) is 0 Å². The number of rotatable bonds is 9. The summed E-state index contributed by atoms with van der Waals surface area (Å²) >= 11 is 0. The Morgan fingerprint density at radius 2 is 1.48 bits per heavy atom. The Kier molecular flexibility index (Phi) is 6.52. The molecule has 0 heterocycles. The molecule has 0 bridgehead atoms. The number of hydrogen-bond acceptors (Lipinski definition) is 4. The molecule has 0 aromatic heterocycles. The van der Waals surface area contributed by atoms with Crippen LogP contribution >= 0.6 is 0 Å². The van der Waals surface area contributed by atoms with Crippen molar-refractivity contribution in [1.82, 2.24) is 5.32 Å². The molecular formula is C22H23NO4. The highest BCUT2D eigenvalue weighted by atomic mass is 16.5. The average Bonchev–Trinajstić information content (AvgIpc) is 2.71. The molecule has 0 atom stereocenters. The first-order chi connectivity index (χ1) is 13.3. The van der Waals surface area contributed by atoms with E-state index < -0.39 is 0 Å². The smallest absolute Gasteiger partial charge is 0.258 e. The van der Waals surface area contributed by atoms with E-state index in [1.54, 1.807) is 6.07 Å². The molecule has 0 spiro atoms. The predicted octanol–water partition coefficient (Wildman–Crippen LogP) is 3.81. The first-order valence-electron chi connectivity index (χ1n) is 9.00. The highest BCUT2D eigenvalue weighted by Gasteiger charge is 2.07. The highest BCUT2D eigenvalue weighted by Crippen LogP contribution is 2.26. The molecule has 0 aliphatic heterocycles. The van der Waals surface area contributed by atoms with Gasteiger partial charge >= 0.3 is 0 Å². The van der Waals surface area contributed by atoms with Crippen molar-refractivity contribution in [2.45, 2.75) is 6.92 Å². The molecule has 27 heavy (non-hydrogen) atoms. The zero-order valence-electron chi connectivity index (χ0n) is 15.3. The predicted molar refractivity (Wildman–Crippen MR) is 106 cm³/mol. The lowest BCUT2D eigenvalue weighted by Crippen LogP contribution is -2.32. The molecule has 5 heteroatoms. The highest BCUT2D eigenvalue weighted by molar-refractivity contribution is 5.88. The minimum absolute atomic E-state index is 0.0711. The van der Waals surface area contributed by atoms with Crippen LogP contribution < -0.4 is 19.5 Å². The van der Waals surface area contributed by atoms with E-state index in [0.717, 1.165) is 16.5 Å². The summed E-state index contributed by atoms with van der Waals surface area (Å²) in [5, 5.41) is 4.98. The minimum atomic E-state index is -0.206. The van der Waals surface area contributed by atoms with Crippen LogP contribution in [0.5, 0.6) is 17.2 Å². The van der Waals surface area contributed by atoms with Crippen LogP contribution in [0.3, 0.4) is 0 Å². The molecule has 0 fully saturated rings. The van der Waals surface area contributed by atoms with E-state index in [0.29, 0.717) is 31.3 Å². The van der Waals surface area contributed by atoms with Crippen LogP contribution in [0.2, 0.25) is 0 Å². The molecule has 0 saturated heterocycles. The van der Waals surface area contributed by atoms with Gasteiger partial charge in [0.05, 0.1) is 13.2 Å². The van der Waals surface area contributed by atoms with Gasteiger partial charge in [0.15, 0.2) is 18.1 Å². The van der Waals surface area contributed by atoms with Gasteiger partial charge in [0.2, 0.25) is 0 Å². The third-order valence-electron chi connectivity index (χ3n) is 3.94. The maximum absolute atomic E-state index is 12.0. The van der Waals surface area contributed by atoms with Crippen molar-refractivity contribution in [3.8, 4) is 17.2 Å². The minimum Gasteiger partial charge on any atom is -0.491 e. The molecule has 5 nitrogen and oxygen atoms in total. The van der Waals surface area contributed by atoms with Crippen LogP contribution in [0, 0.1) is 0 Å². The fourth-order valence-corrected chi connectivity index (χ4v) is 2.71. The van der Waals surface area contributed by atoms with Gasteiger partial charge in [0.1, 0.15) is 12.4 Å². The third-order valence-corrected chi connectivity index (χ3v) is 3.94. The Balaban J connectivity index is 1.43. The molecule has 140 valence electrons. The van der Waals surface area contributed by atoms with E-state index in [4.69, 9.17) is 14.2 Å². The Hall–Kier alpha value is -3.21. The SMILES string of the molecule is CCOc1ccccc1OCC(=O)NCCOc1cccc2ccccc12. The van der Waals surface area contributed by atoms with E-state index in [2.05, 4.69) is 5.32 Å². The van der Waals surface area contributed by atoms with Crippen LogP contribution in [0.4, 0.5) is 0 Å². The summed E-state index contributed by atoms with van der Waals surface area (Å²) in [5.41, 5.74) is 0. The van der Waals surface area contributed by atoms with E-state index in [1.165, 1.54) is 0 Å². The monoisotopic (exact) mass is 365 g/mol. The number of benzene rings is 3. The lowest BCUT2D eigenvalue weighted by atomic mass is 10.1. The normalized spacial score (nSPS) is 10.4. The number of carbonyl (C=O) groups excluding carboxylic acids is 1. The molecule has 3 aromatic carbocycles. The first kappa shape index (κ1) is 18.6. The third kappa shape index (κ3) is 5.14. The van der Waals surface area contributed by atoms with Crippen molar-refractivity contribution in [1.29, 1.82) is 0 Å². The fraction of sp³-hybridized carbons (Fsp3) is 0.227. The Bertz CT molecular complexity index is 889. The molecule has 0 aliphatic rings. The van der Waals surface area contributed by atoms with Crippen LogP contribution in [0.1, 0.15) is 6.92 Å². The summed E-state index contributed by atoms with van der Waals surface area (Å²) in [6, 6.07) is 21.3. The average molecular weight is 365 g/mol. The van der Waals surface area contributed by atoms with Crippen molar-refractivity contribution >= 4 is 16.7 Å². The van der Waals surface area contributed by atoms with E-state index in [1.807, 2.05) is 67.6 Å². The molecule has 1 N–H and O–H groups in total. The number of para-hydroxylation sites is 2. The van der Waals surface area contributed by atoms with Gasteiger partial charge in [-0.25, -0.2) is 0 Å². The molecule has 0 aliphatic carbocycles. The second kappa shape index (κ2) is 9.48. The molecule has 1 amide bonds. The number of fused-ring (bicyclic) bond motifs is 1. The van der Waals surface area contributed by atoms with E-state index >= 15 is 0 Å². The van der Waals surface area contributed by atoms with Crippen molar-refractivity contribution in [3.05, 3.63) is 66.7 Å². The van der Waals surface area contributed by atoms with Gasteiger partial charge in [-0.15, -0.1) is 0 Å². The van der Waals surface area contributed by atoms with E-state index in [9.17, 15) is 4.79 Å². The zero-order valence-corrected chi connectivity index (χ0v) is 15.3. The maximum atomic E-state index is 12.0. The standard InChI is InChI=1S/C22H23NO4/c1-2-25-20-11-5-6-12-21(20)27-16-22(24)23-14-15-26-19-13-7-9-17-8-3-4-10-18(17)19/h3-13H,2,14-16H2,1H3,(H,23,24). The molecule has 3 aromatic rings. The Morgan fingerprint density at radius 3 is 2.30 bits per heavy atom. The first-order valence-corrected chi connectivity index (χ1v) is 9.00. The van der Waals surface area contributed by atoms with Crippen molar-refractivity contribution in [2.24, 2.45) is 0 Å². The second-order valence-electron chi connectivity index (χ2n) is 5.84. The molecule has 0 radical (unpaired) electrons. The lowest BCUT2D eigenvalue weighted by molar-refractivity contribution is -0.123. The number of ether oxygens (including phenoxy) is 3. The van der Waals surface area contributed by atoms with Gasteiger partial charge in [-0.1, -0.05) is 48.5 Å². The number of nitrogens with one attached hydrogen (secondary N) is 1. The van der Waals surface area contributed by atoms with Crippen LogP contribution in [-0.4, -0.2) is 32.3 Å².